The Hall–Kier alpha value is -4.12. The normalized spacial score (nSPS) is 20.8. The van der Waals surface area contributed by atoms with Crippen LogP contribution >= 0.6 is 11.6 Å². The fourth-order valence-corrected chi connectivity index (χ4v) is 7.59. The number of nitrogens with one attached hydrogen (secondary N) is 4. The lowest BCUT2D eigenvalue weighted by atomic mass is 9.94. The summed E-state index contributed by atoms with van der Waals surface area (Å²) in [7, 11) is 0. The van der Waals surface area contributed by atoms with E-state index in [4.69, 9.17) is 16.3 Å². The van der Waals surface area contributed by atoms with Gasteiger partial charge in [-0.25, -0.2) is 0 Å². The lowest BCUT2D eigenvalue weighted by Gasteiger charge is -2.24. The SMILES string of the molecule is C[C@@H]1O[C@@H](n2c3ccccc3c3c4c(c5c6ccccc6[nH]c5c32)CNC4=O)C[C@]1(O)C(=O)NCCCCCCCCNC(=O)CCl. The van der Waals surface area contributed by atoms with Gasteiger partial charge >= 0.3 is 0 Å². The number of fused-ring (bicyclic) bond motifs is 10. The predicted molar refractivity (Wildman–Crippen MR) is 184 cm³/mol. The zero-order chi connectivity index (χ0) is 32.7. The maximum Gasteiger partial charge on any atom is 0.254 e. The van der Waals surface area contributed by atoms with Gasteiger partial charge < -0.3 is 35.3 Å². The highest BCUT2D eigenvalue weighted by atomic mass is 35.5. The van der Waals surface area contributed by atoms with Crippen LogP contribution in [-0.4, -0.2) is 63.1 Å². The van der Waals surface area contributed by atoms with E-state index in [0.717, 1.165) is 87.7 Å². The van der Waals surface area contributed by atoms with Gasteiger partial charge in [0.15, 0.2) is 5.60 Å². The van der Waals surface area contributed by atoms with Gasteiger partial charge in [-0.3, -0.25) is 14.4 Å². The van der Waals surface area contributed by atoms with Crippen molar-refractivity contribution < 1.29 is 24.2 Å². The van der Waals surface area contributed by atoms with E-state index in [2.05, 4.69) is 31.6 Å². The first kappa shape index (κ1) is 31.5. The molecule has 3 amide bonds. The Morgan fingerprint density at radius 1 is 0.979 bits per heavy atom. The summed E-state index contributed by atoms with van der Waals surface area (Å²) in [6.07, 6.45) is 4.46. The minimum atomic E-state index is -1.72. The van der Waals surface area contributed by atoms with Crippen LogP contribution in [0.25, 0.3) is 43.6 Å². The Morgan fingerprint density at radius 2 is 1.66 bits per heavy atom. The number of H-pyrrole nitrogens is 1. The number of ether oxygens (including phenoxy) is 1. The Kier molecular flexibility index (Phi) is 8.59. The number of halogens is 1. The van der Waals surface area contributed by atoms with E-state index in [0.29, 0.717) is 25.2 Å². The van der Waals surface area contributed by atoms with Gasteiger partial charge in [0.2, 0.25) is 5.91 Å². The summed E-state index contributed by atoms with van der Waals surface area (Å²) in [6.45, 7) is 3.30. The molecule has 4 heterocycles. The molecule has 0 aliphatic carbocycles. The average molecular weight is 658 g/mol. The van der Waals surface area contributed by atoms with Crippen molar-refractivity contribution in [3.63, 3.8) is 0 Å². The third-order valence-corrected chi connectivity index (χ3v) is 10.1. The van der Waals surface area contributed by atoms with Gasteiger partial charge in [-0.2, -0.15) is 0 Å². The standard InChI is InChI=1S/C36H40ClN5O5/c1-21-36(46,35(45)39-17-11-5-3-2-4-10-16-38-27(43)19-37)18-28(47-21)42-26-15-9-7-13-23(26)30-31-24(20-40-34(31)44)29-22-12-6-8-14-25(22)41-32(29)33(30)42/h6-9,12-15,21,28,41,46H,2-5,10-11,16-20H2,1H3,(H,38,43)(H,39,45)(H,40,44)/t21-,28+,36+/m0/s1. The van der Waals surface area contributed by atoms with E-state index in [1.165, 1.54) is 0 Å². The van der Waals surface area contributed by atoms with E-state index in [-0.39, 0.29) is 24.1 Å². The summed E-state index contributed by atoms with van der Waals surface area (Å²) in [6, 6.07) is 16.0. The number of para-hydroxylation sites is 2. The number of benzene rings is 3. The van der Waals surface area contributed by atoms with Crippen LogP contribution in [0.3, 0.4) is 0 Å². The number of carbonyl (C=O) groups excluding carboxylic acids is 3. The quantitative estimate of drug-likeness (QED) is 0.0889. The summed E-state index contributed by atoms with van der Waals surface area (Å²) in [5.41, 5.74) is 3.51. The predicted octanol–water partition coefficient (Wildman–Crippen LogP) is 5.52. The third kappa shape index (κ3) is 5.42. The summed E-state index contributed by atoms with van der Waals surface area (Å²) >= 11 is 5.49. The highest BCUT2D eigenvalue weighted by Crippen LogP contribution is 2.47. The van der Waals surface area contributed by atoms with Gasteiger partial charge in [-0.1, -0.05) is 62.1 Å². The molecule has 47 heavy (non-hydrogen) atoms. The molecule has 3 atom stereocenters. The number of hydrogen-bond acceptors (Lipinski definition) is 5. The molecule has 0 radical (unpaired) electrons. The third-order valence-electron chi connectivity index (χ3n) is 9.89. The van der Waals surface area contributed by atoms with Gasteiger partial charge in [-0.15, -0.1) is 11.6 Å². The maximum atomic E-state index is 13.5. The van der Waals surface area contributed by atoms with Gasteiger partial charge in [0.1, 0.15) is 12.1 Å². The zero-order valence-corrected chi connectivity index (χ0v) is 27.2. The number of nitrogens with zero attached hydrogens (tertiary/aromatic N) is 1. The molecule has 1 saturated heterocycles. The van der Waals surface area contributed by atoms with Crippen molar-refractivity contribution >= 4 is 72.9 Å². The lowest BCUT2D eigenvalue weighted by molar-refractivity contribution is -0.144. The molecule has 246 valence electrons. The summed E-state index contributed by atoms with van der Waals surface area (Å²) in [5, 5.41) is 24.4. The highest BCUT2D eigenvalue weighted by Gasteiger charge is 2.52. The van der Waals surface area contributed by atoms with Crippen molar-refractivity contribution in [2.75, 3.05) is 19.0 Å². The summed E-state index contributed by atoms with van der Waals surface area (Å²) in [4.78, 5) is 41.7. The molecule has 0 bridgehead atoms. The first-order chi connectivity index (χ1) is 22.8. The van der Waals surface area contributed by atoms with Crippen LogP contribution in [-0.2, 0) is 20.9 Å². The molecule has 5 N–H and O–H groups in total. The van der Waals surface area contributed by atoms with Crippen molar-refractivity contribution in [2.24, 2.45) is 0 Å². The van der Waals surface area contributed by atoms with Gasteiger partial charge in [0.05, 0.1) is 28.2 Å². The van der Waals surface area contributed by atoms with Gasteiger partial charge in [0, 0.05) is 53.1 Å². The molecule has 7 rings (SSSR count). The second-order valence-electron chi connectivity index (χ2n) is 12.8. The van der Waals surface area contributed by atoms with Crippen LogP contribution in [0.4, 0.5) is 0 Å². The average Bonchev–Trinajstić information content (AvgIpc) is 3.82. The fourth-order valence-electron chi connectivity index (χ4n) is 7.50. The Labute approximate surface area is 277 Å². The first-order valence-electron chi connectivity index (χ1n) is 16.6. The molecule has 2 aromatic heterocycles. The van der Waals surface area contributed by atoms with Crippen LogP contribution in [0, 0.1) is 0 Å². The van der Waals surface area contributed by atoms with E-state index >= 15 is 0 Å². The highest BCUT2D eigenvalue weighted by molar-refractivity contribution is 6.30. The monoisotopic (exact) mass is 657 g/mol. The van der Waals surface area contributed by atoms with Crippen LogP contribution < -0.4 is 16.0 Å². The molecule has 2 aliphatic rings. The van der Waals surface area contributed by atoms with Crippen molar-refractivity contribution in [2.45, 2.75) is 76.3 Å². The number of amides is 3. The largest absolute Gasteiger partial charge is 0.377 e. The Balaban J connectivity index is 1.12. The first-order valence-corrected chi connectivity index (χ1v) is 17.1. The minimum absolute atomic E-state index is 0.0112. The van der Waals surface area contributed by atoms with Crippen LogP contribution in [0.1, 0.15) is 74.0 Å². The number of unbranched alkanes of at least 4 members (excludes halogenated alkanes) is 5. The Bertz CT molecular complexity index is 2020. The van der Waals surface area contributed by atoms with Crippen LogP contribution in [0.5, 0.6) is 0 Å². The molecular weight excluding hydrogens is 618 g/mol. The smallest absolute Gasteiger partial charge is 0.254 e. The number of alkyl halides is 1. The zero-order valence-electron chi connectivity index (χ0n) is 26.5. The van der Waals surface area contributed by atoms with Crippen LogP contribution in [0.2, 0.25) is 0 Å². The Morgan fingerprint density at radius 3 is 2.43 bits per heavy atom. The molecule has 0 saturated carbocycles. The second-order valence-corrected chi connectivity index (χ2v) is 13.1. The van der Waals surface area contributed by atoms with Gasteiger partial charge in [-0.05, 0) is 37.5 Å². The van der Waals surface area contributed by atoms with Gasteiger partial charge in [0.25, 0.3) is 11.8 Å². The van der Waals surface area contributed by atoms with Crippen molar-refractivity contribution in [3.8, 4) is 0 Å². The fraction of sp³-hybridized carbons (Fsp3) is 0.417. The molecule has 11 heteroatoms. The summed E-state index contributed by atoms with van der Waals surface area (Å²) < 4.78 is 8.51. The van der Waals surface area contributed by atoms with E-state index in [1.54, 1.807) is 6.92 Å². The van der Waals surface area contributed by atoms with E-state index in [1.807, 2.05) is 42.5 Å². The molecule has 10 nitrogen and oxygen atoms in total. The topological polar surface area (TPSA) is 137 Å². The number of aromatic nitrogens is 2. The maximum absolute atomic E-state index is 13.5. The molecule has 2 aliphatic heterocycles. The minimum Gasteiger partial charge on any atom is -0.377 e. The van der Waals surface area contributed by atoms with Crippen molar-refractivity contribution in [1.29, 1.82) is 0 Å². The van der Waals surface area contributed by atoms with Crippen molar-refractivity contribution in [3.05, 3.63) is 59.7 Å². The van der Waals surface area contributed by atoms with E-state index < -0.39 is 23.8 Å². The number of aliphatic hydroxyl groups is 1. The van der Waals surface area contributed by atoms with E-state index in [9.17, 15) is 19.5 Å². The molecule has 0 unspecified atom stereocenters. The molecular formula is C36H40ClN5O5. The number of carbonyl (C=O) groups is 3. The molecule has 0 spiro atoms. The molecule has 1 fully saturated rings. The number of hydrogen-bond donors (Lipinski definition) is 5. The van der Waals surface area contributed by atoms with Crippen LogP contribution in [0.15, 0.2) is 48.5 Å². The summed E-state index contributed by atoms with van der Waals surface area (Å²) in [5.74, 6) is -0.689. The van der Waals surface area contributed by atoms with Crippen molar-refractivity contribution in [1.82, 2.24) is 25.5 Å². The second kappa shape index (κ2) is 12.8. The number of aromatic amines is 1. The molecule has 5 aromatic rings. The number of rotatable bonds is 12. The molecule has 3 aromatic carbocycles. The lowest BCUT2D eigenvalue weighted by Crippen LogP contribution is -2.51.